The van der Waals surface area contributed by atoms with Gasteiger partial charge in [0, 0.05) is 0 Å². The Bertz CT molecular complexity index is 723. The third-order valence-electron chi connectivity index (χ3n) is 4.44. The van der Waals surface area contributed by atoms with Crippen LogP contribution < -0.4 is 0 Å². The second-order valence-electron chi connectivity index (χ2n) is 6.16. The second kappa shape index (κ2) is 6.00. The maximum Gasteiger partial charge on any atom is 0.424 e. The van der Waals surface area contributed by atoms with Gasteiger partial charge in [-0.15, -0.1) is 0 Å². The fourth-order valence-corrected chi connectivity index (χ4v) is 4.56. The van der Waals surface area contributed by atoms with E-state index >= 15 is 0 Å². The van der Waals surface area contributed by atoms with Crippen LogP contribution in [0.15, 0.2) is 41.3 Å². The molecule has 3 atom stereocenters. The number of rotatable bonds is 5. The summed E-state index contributed by atoms with van der Waals surface area (Å²) in [6.07, 6.45) is 5.29. The summed E-state index contributed by atoms with van der Waals surface area (Å²) >= 11 is 0. The Morgan fingerprint density at radius 1 is 1.30 bits per heavy atom. The number of aryl methyl sites for hydroxylation is 1. The van der Waals surface area contributed by atoms with Gasteiger partial charge in [-0.2, -0.15) is 4.31 Å². The zero-order valence-electron chi connectivity index (χ0n) is 13.3. The molecule has 0 aromatic heterocycles. The summed E-state index contributed by atoms with van der Waals surface area (Å²) in [4.78, 5) is 12.2. The molecule has 3 unspecified atom stereocenters. The Balaban J connectivity index is 1.85. The molecule has 1 aromatic rings. The van der Waals surface area contributed by atoms with Crippen molar-refractivity contribution in [3.8, 4) is 0 Å². The number of benzene rings is 1. The molecular weight excluding hydrogens is 314 g/mol. The number of cyclic esters (lactones) is 1. The van der Waals surface area contributed by atoms with Crippen molar-refractivity contribution in [1.29, 1.82) is 0 Å². The average molecular weight is 335 g/mol. The highest BCUT2D eigenvalue weighted by Crippen LogP contribution is 2.46. The van der Waals surface area contributed by atoms with E-state index < -0.39 is 22.2 Å². The van der Waals surface area contributed by atoms with Gasteiger partial charge in [0.2, 0.25) is 0 Å². The second-order valence-corrected chi connectivity index (χ2v) is 7.97. The SMILES string of the molecule is CC/C=C/C1CC1C1COC(=O)N1S(=O)(=O)c1ccc(C)cc1. The van der Waals surface area contributed by atoms with Crippen LogP contribution in [0.3, 0.4) is 0 Å². The molecule has 1 aliphatic carbocycles. The van der Waals surface area contributed by atoms with Gasteiger partial charge in [0.05, 0.1) is 10.9 Å². The van der Waals surface area contributed by atoms with Crippen molar-refractivity contribution >= 4 is 16.1 Å². The van der Waals surface area contributed by atoms with Gasteiger partial charge in [-0.25, -0.2) is 13.2 Å². The molecule has 2 fully saturated rings. The molecule has 2 aliphatic rings. The first-order valence-electron chi connectivity index (χ1n) is 7.89. The highest BCUT2D eigenvalue weighted by molar-refractivity contribution is 7.89. The van der Waals surface area contributed by atoms with Crippen LogP contribution in [0, 0.1) is 18.8 Å². The molecule has 1 aliphatic heterocycles. The molecule has 1 heterocycles. The van der Waals surface area contributed by atoms with E-state index in [1.54, 1.807) is 12.1 Å². The van der Waals surface area contributed by atoms with Crippen molar-refractivity contribution in [2.24, 2.45) is 11.8 Å². The molecule has 1 saturated heterocycles. The van der Waals surface area contributed by atoms with Gasteiger partial charge in [0.1, 0.15) is 6.61 Å². The highest BCUT2D eigenvalue weighted by atomic mass is 32.2. The number of carbonyl (C=O) groups is 1. The molecule has 23 heavy (non-hydrogen) atoms. The fourth-order valence-electron chi connectivity index (χ4n) is 3.03. The summed E-state index contributed by atoms with van der Waals surface area (Å²) < 4.78 is 31.6. The number of hydrogen-bond donors (Lipinski definition) is 0. The van der Waals surface area contributed by atoms with E-state index in [0.717, 1.165) is 22.7 Å². The van der Waals surface area contributed by atoms with Gasteiger partial charge in [-0.3, -0.25) is 0 Å². The number of amides is 1. The van der Waals surface area contributed by atoms with E-state index in [0.29, 0.717) is 5.92 Å². The molecular formula is C17H21NO4S. The number of nitrogens with zero attached hydrogens (tertiary/aromatic N) is 1. The predicted octanol–water partition coefficient (Wildman–Crippen LogP) is 3.11. The lowest BCUT2D eigenvalue weighted by atomic mass is 10.1. The van der Waals surface area contributed by atoms with Crippen molar-refractivity contribution in [3.63, 3.8) is 0 Å². The Hall–Kier alpha value is -1.82. The predicted molar refractivity (Wildman–Crippen MR) is 86.4 cm³/mol. The van der Waals surface area contributed by atoms with Crippen LogP contribution in [-0.2, 0) is 14.8 Å². The topological polar surface area (TPSA) is 63.7 Å². The van der Waals surface area contributed by atoms with E-state index in [1.807, 2.05) is 6.92 Å². The lowest BCUT2D eigenvalue weighted by molar-refractivity contribution is 0.169. The van der Waals surface area contributed by atoms with Crippen molar-refractivity contribution < 1.29 is 17.9 Å². The number of hydrogen-bond acceptors (Lipinski definition) is 4. The summed E-state index contributed by atoms with van der Waals surface area (Å²) in [5.41, 5.74) is 0.969. The van der Waals surface area contributed by atoms with E-state index in [-0.39, 0.29) is 17.4 Å². The van der Waals surface area contributed by atoms with Crippen LogP contribution in [0.5, 0.6) is 0 Å². The molecule has 1 saturated carbocycles. The van der Waals surface area contributed by atoms with Gasteiger partial charge in [-0.1, -0.05) is 36.8 Å². The molecule has 3 rings (SSSR count). The van der Waals surface area contributed by atoms with Crippen molar-refractivity contribution in [2.75, 3.05) is 6.61 Å². The van der Waals surface area contributed by atoms with Gasteiger partial charge >= 0.3 is 6.09 Å². The summed E-state index contributed by atoms with van der Waals surface area (Å²) in [7, 11) is -3.87. The molecule has 0 bridgehead atoms. The van der Waals surface area contributed by atoms with Gasteiger partial charge in [-0.05, 0) is 43.7 Å². The first-order chi connectivity index (χ1) is 10.9. The molecule has 0 radical (unpaired) electrons. The molecule has 5 nitrogen and oxygen atoms in total. The van der Waals surface area contributed by atoms with Crippen LogP contribution in [0.2, 0.25) is 0 Å². The minimum Gasteiger partial charge on any atom is -0.446 e. The van der Waals surface area contributed by atoms with E-state index in [9.17, 15) is 13.2 Å². The first kappa shape index (κ1) is 16.1. The van der Waals surface area contributed by atoms with Crippen LogP contribution >= 0.6 is 0 Å². The molecule has 0 spiro atoms. The smallest absolute Gasteiger partial charge is 0.424 e. The molecule has 1 aromatic carbocycles. The largest absolute Gasteiger partial charge is 0.446 e. The lowest BCUT2D eigenvalue weighted by Crippen LogP contribution is -2.40. The Kier molecular flexibility index (Phi) is 4.19. The Labute approximate surface area is 137 Å². The number of sulfonamides is 1. The summed E-state index contributed by atoms with van der Waals surface area (Å²) in [6, 6.07) is 6.13. The maximum absolute atomic E-state index is 12.8. The third-order valence-corrected chi connectivity index (χ3v) is 6.25. The maximum atomic E-state index is 12.8. The lowest BCUT2D eigenvalue weighted by Gasteiger charge is -2.21. The number of ether oxygens (including phenoxy) is 1. The number of carbonyl (C=O) groups excluding carboxylic acids is 1. The van der Waals surface area contributed by atoms with Crippen LogP contribution in [0.1, 0.15) is 25.3 Å². The van der Waals surface area contributed by atoms with Crippen LogP contribution in [0.4, 0.5) is 4.79 Å². The number of allylic oxidation sites excluding steroid dienone is 2. The summed E-state index contributed by atoms with van der Waals surface area (Å²) in [5, 5.41) is 0. The van der Waals surface area contributed by atoms with E-state index in [2.05, 4.69) is 19.1 Å². The van der Waals surface area contributed by atoms with E-state index in [4.69, 9.17) is 4.74 Å². The zero-order valence-corrected chi connectivity index (χ0v) is 14.1. The first-order valence-corrected chi connectivity index (χ1v) is 9.33. The van der Waals surface area contributed by atoms with Gasteiger partial charge < -0.3 is 4.74 Å². The van der Waals surface area contributed by atoms with Crippen LogP contribution in [0.25, 0.3) is 0 Å². The highest BCUT2D eigenvalue weighted by Gasteiger charge is 2.53. The Morgan fingerprint density at radius 3 is 2.65 bits per heavy atom. The molecule has 124 valence electrons. The molecule has 6 heteroatoms. The normalized spacial score (nSPS) is 27.5. The van der Waals surface area contributed by atoms with Crippen molar-refractivity contribution in [3.05, 3.63) is 42.0 Å². The van der Waals surface area contributed by atoms with E-state index in [1.165, 1.54) is 12.1 Å². The average Bonchev–Trinajstić information content (AvgIpc) is 3.18. The quantitative estimate of drug-likeness (QED) is 0.776. The van der Waals surface area contributed by atoms with Crippen molar-refractivity contribution in [2.45, 2.75) is 37.6 Å². The monoisotopic (exact) mass is 335 g/mol. The Morgan fingerprint density at radius 2 is 2.00 bits per heavy atom. The third kappa shape index (κ3) is 3.00. The zero-order chi connectivity index (χ0) is 16.6. The molecule has 0 N–H and O–H groups in total. The molecule has 1 amide bonds. The van der Waals surface area contributed by atoms with Crippen molar-refractivity contribution in [1.82, 2.24) is 4.31 Å². The summed E-state index contributed by atoms with van der Waals surface area (Å²) in [6.45, 7) is 4.09. The summed E-state index contributed by atoms with van der Waals surface area (Å²) in [5.74, 6) is 0.495. The fraction of sp³-hybridized carbons (Fsp3) is 0.471. The van der Waals surface area contributed by atoms with Gasteiger partial charge in [0.25, 0.3) is 10.0 Å². The van der Waals surface area contributed by atoms with Crippen LogP contribution in [-0.4, -0.2) is 31.5 Å². The standard InChI is InChI=1S/C17H21NO4S/c1-3-4-5-13-10-15(13)16-11-22-17(19)18(16)23(20,21)14-8-6-12(2)7-9-14/h4-9,13,15-16H,3,10-11H2,1-2H3/b5-4+. The van der Waals surface area contributed by atoms with Gasteiger partial charge in [0.15, 0.2) is 0 Å². The minimum atomic E-state index is -3.87. The minimum absolute atomic E-state index is 0.133.